The fraction of sp³-hybridized carbons (Fsp3) is 0.900. The van der Waals surface area contributed by atoms with Crippen molar-refractivity contribution in [2.24, 2.45) is 5.73 Å². The molecular formula is C10H23N3OS. The summed E-state index contributed by atoms with van der Waals surface area (Å²) in [6, 6.07) is -0.343. The van der Waals surface area contributed by atoms with E-state index in [0.717, 1.165) is 25.3 Å². The molecule has 0 aromatic rings. The molecule has 0 unspecified atom stereocenters. The van der Waals surface area contributed by atoms with Crippen LogP contribution in [0.1, 0.15) is 6.42 Å². The van der Waals surface area contributed by atoms with Crippen molar-refractivity contribution in [3.05, 3.63) is 0 Å². The van der Waals surface area contributed by atoms with Gasteiger partial charge in [-0.2, -0.15) is 11.8 Å². The van der Waals surface area contributed by atoms with Gasteiger partial charge in [0.1, 0.15) is 0 Å². The van der Waals surface area contributed by atoms with Crippen LogP contribution in [0.15, 0.2) is 0 Å². The van der Waals surface area contributed by atoms with Gasteiger partial charge in [0.15, 0.2) is 0 Å². The van der Waals surface area contributed by atoms with Gasteiger partial charge in [-0.15, -0.1) is 0 Å². The standard InChI is InChI=1S/C10H23N3OS/c1-12(2)6-7-13(3)10(14)9(11)5-8-15-4/h9H,5-8,11H2,1-4H3/t9-/m0/s1. The second-order valence-corrected chi connectivity index (χ2v) is 4.94. The molecule has 0 spiro atoms. The van der Waals surface area contributed by atoms with Crippen LogP contribution < -0.4 is 5.73 Å². The molecule has 1 atom stereocenters. The number of amides is 1. The maximum atomic E-state index is 11.7. The summed E-state index contributed by atoms with van der Waals surface area (Å²) in [6.45, 7) is 1.61. The Balaban J connectivity index is 3.85. The molecule has 0 saturated heterocycles. The summed E-state index contributed by atoms with van der Waals surface area (Å²) in [6.07, 6.45) is 2.78. The first kappa shape index (κ1) is 14.7. The second kappa shape index (κ2) is 7.96. The Morgan fingerprint density at radius 3 is 2.40 bits per heavy atom. The molecule has 90 valence electrons. The van der Waals surface area contributed by atoms with Gasteiger partial charge in [-0.25, -0.2) is 0 Å². The van der Waals surface area contributed by atoms with Crippen molar-refractivity contribution in [1.82, 2.24) is 9.80 Å². The van der Waals surface area contributed by atoms with Crippen LogP contribution >= 0.6 is 11.8 Å². The van der Waals surface area contributed by atoms with Crippen LogP contribution in [0, 0.1) is 0 Å². The van der Waals surface area contributed by atoms with Gasteiger partial charge in [0, 0.05) is 20.1 Å². The molecule has 2 N–H and O–H groups in total. The smallest absolute Gasteiger partial charge is 0.239 e. The first-order valence-electron chi connectivity index (χ1n) is 5.13. The first-order valence-corrected chi connectivity index (χ1v) is 6.52. The summed E-state index contributed by atoms with van der Waals surface area (Å²) in [5, 5.41) is 0. The third kappa shape index (κ3) is 6.76. The highest BCUT2D eigenvalue weighted by atomic mass is 32.2. The third-order valence-electron chi connectivity index (χ3n) is 2.21. The number of thioether (sulfide) groups is 1. The van der Waals surface area contributed by atoms with Crippen LogP contribution in [-0.2, 0) is 4.79 Å². The number of rotatable bonds is 7. The molecule has 1 amide bonds. The summed E-state index contributed by atoms with van der Waals surface area (Å²) in [7, 11) is 5.79. The summed E-state index contributed by atoms with van der Waals surface area (Å²) >= 11 is 1.72. The van der Waals surface area contributed by atoms with Gasteiger partial charge >= 0.3 is 0 Å². The van der Waals surface area contributed by atoms with Crippen LogP contribution in [0.5, 0.6) is 0 Å². The third-order valence-corrected chi connectivity index (χ3v) is 2.85. The lowest BCUT2D eigenvalue weighted by molar-refractivity contribution is -0.131. The van der Waals surface area contributed by atoms with E-state index in [2.05, 4.69) is 4.90 Å². The Bertz CT molecular complexity index is 188. The van der Waals surface area contributed by atoms with Gasteiger partial charge in [-0.3, -0.25) is 4.79 Å². The van der Waals surface area contributed by atoms with Crippen LogP contribution in [-0.4, -0.2) is 68.0 Å². The number of nitrogens with zero attached hydrogens (tertiary/aromatic N) is 2. The number of hydrogen-bond acceptors (Lipinski definition) is 4. The topological polar surface area (TPSA) is 49.6 Å². The molecule has 0 aliphatic heterocycles. The lowest BCUT2D eigenvalue weighted by Crippen LogP contribution is -2.44. The van der Waals surface area contributed by atoms with Crippen molar-refractivity contribution < 1.29 is 4.79 Å². The number of hydrogen-bond donors (Lipinski definition) is 1. The van der Waals surface area contributed by atoms with Gasteiger partial charge < -0.3 is 15.5 Å². The molecule has 0 fully saturated rings. The predicted octanol–water partition coefficient (Wildman–Crippen LogP) is 0.0868. The van der Waals surface area contributed by atoms with E-state index in [9.17, 15) is 4.79 Å². The summed E-state index contributed by atoms with van der Waals surface area (Å²) < 4.78 is 0. The second-order valence-electron chi connectivity index (χ2n) is 3.95. The molecule has 0 aliphatic carbocycles. The normalized spacial score (nSPS) is 12.9. The van der Waals surface area contributed by atoms with Gasteiger partial charge in [-0.05, 0) is 32.5 Å². The molecule has 0 aliphatic rings. The maximum absolute atomic E-state index is 11.7. The summed E-state index contributed by atoms with van der Waals surface area (Å²) in [4.78, 5) is 15.5. The molecule has 5 heteroatoms. The van der Waals surface area contributed by atoms with Crippen LogP contribution in [0.25, 0.3) is 0 Å². The fourth-order valence-electron chi connectivity index (χ4n) is 1.11. The SMILES string of the molecule is CSCC[C@H](N)C(=O)N(C)CCN(C)C. The van der Waals surface area contributed by atoms with Crippen molar-refractivity contribution in [3.63, 3.8) is 0 Å². The van der Waals surface area contributed by atoms with E-state index < -0.39 is 0 Å². The molecule has 4 nitrogen and oxygen atoms in total. The molecule has 0 heterocycles. The van der Waals surface area contributed by atoms with Crippen molar-refractivity contribution in [3.8, 4) is 0 Å². The van der Waals surface area contributed by atoms with Crippen molar-refractivity contribution in [2.45, 2.75) is 12.5 Å². The number of carbonyl (C=O) groups is 1. The number of likely N-dealkylation sites (N-methyl/N-ethyl adjacent to an activating group) is 2. The van der Waals surface area contributed by atoms with Crippen LogP contribution in [0.4, 0.5) is 0 Å². The average molecular weight is 233 g/mol. The van der Waals surface area contributed by atoms with E-state index in [-0.39, 0.29) is 11.9 Å². The van der Waals surface area contributed by atoms with E-state index in [1.54, 1.807) is 16.7 Å². The van der Waals surface area contributed by atoms with Crippen LogP contribution in [0.2, 0.25) is 0 Å². The Hall–Kier alpha value is -0.260. The Labute approximate surface area is 97.2 Å². The summed E-state index contributed by atoms with van der Waals surface area (Å²) in [5.74, 6) is 0.986. The molecule has 0 aromatic heterocycles. The Morgan fingerprint density at radius 2 is 1.93 bits per heavy atom. The minimum absolute atomic E-state index is 0.0471. The van der Waals surface area contributed by atoms with E-state index in [0.29, 0.717) is 0 Å². The van der Waals surface area contributed by atoms with Gasteiger partial charge in [0.05, 0.1) is 6.04 Å². The maximum Gasteiger partial charge on any atom is 0.239 e. The minimum atomic E-state index is -0.343. The Morgan fingerprint density at radius 1 is 1.33 bits per heavy atom. The van der Waals surface area contributed by atoms with E-state index >= 15 is 0 Å². The van der Waals surface area contributed by atoms with Gasteiger partial charge in [-0.1, -0.05) is 0 Å². The van der Waals surface area contributed by atoms with Crippen molar-refractivity contribution in [2.75, 3.05) is 46.2 Å². The highest BCUT2D eigenvalue weighted by Crippen LogP contribution is 2.01. The lowest BCUT2D eigenvalue weighted by Gasteiger charge is -2.22. The van der Waals surface area contributed by atoms with Crippen LogP contribution in [0.3, 0.4) is 0 Å². The highest BCUT2D eigenvalue weighted by molar-refractivity contribution is 7.98. The quantitative estimate of drug-likeness (QED) is 0.677. The zero-order valence-corrected chi connectivity index (χ0v) is 11.0. The van der Waals surface area contributed by atoms with E-state index in [1.165, 1.54) is 0 Å². The average Bonchev–Trinajstić information content (AvgIpc) is 2.21. The van der Waals surface area contributed by atoms with Gasteiger partial charge in [0.2, 0.25) is 5.91 Å². The fourth-order valence-corrected chi connectivity index (χ4v) is 1.60. The molecule has 0 rings (SSSR count). The van der Waals surface area contributed by atoms with Crippen molar-refractivity contribution >= 4 is 17.7 Å². The molecule has 15 heavy (non-hydrogen) atoms. The highest BCUT2D eigenvalue weighted by Gasteiger charge is 2.16. The van der Waals surface area contributed by atoms with E-state index in [1.807, 2.05) is 27.4 Å². The molecule has 0 saturated carbocycles. The minimum Gasteiger partial charge on any atom is -0.343 e. The first-order chi connectivity index (χ1) is 6.99. The number of carbonyl (C=O) groups excluding carboxylic acids is 1. The zero-order valence-electron chi connectivity index (χ0n) is 10.2. The summed E-state index contributed by atoms with van der Waals surface area (Å²) in [5.41, 5.74) is 5.79. The zero-order chi connectivity index (χ0) is 11.8. The number of nitrogens with two attached hydrogens (primary N) is 1. The molecule has 0 bridgehead atoms. The Kier molecular flexibility index (Phi) is 7.82. The lowest BCUT2D eigenvalue weighted by atomic mass is 10.2. The predicted molar refractivity (Wildman–Crippen MR) is 67.2 cm³/mol. The monoisotopic (exact) mass is 233 g/mol. The van der Waals surface area contributed by atoms with Gasteiger partial charge in [0.25, 0.3) is 0 Å². The molecule has 0 aromatic carbocycles. The largest absolute Gasteiger partial charge is 0.343 e. The molecular weight excluding hydrogens is 210 g/mol. The van der Waals surface area contributed by atoms with E-state index in [4.69, 9.17) is 5.73 Å². The molecule has 0 radical (unpaired) electrons. The van der Waals surface area contributed by atoms with Crippen molar-refractivity contribution in [1.29, 1.82) is 0 Å².